The van der Waals surface area contributed by atoms with Gasteiger partial charge in [0.15, 0.2) is 0 Å². The molecule has 0 aliphatic rings. The third kappa shape index (κ3) is 2.70. The molecule has 1 heterocycles. The predicted octanol–water partition coefficient (Wildman–Crippen LogP) is 3.52. The minimum absolute atomic E-state index is 0.121. The Balaban J connectivity index is 2.81. The number of hydrogen-bond acceptors (Lipinski definition) is 2. The van der Waals surface area contributed by atoms with Crippen LogP contribution in [0, 0.1) is 29.9 Å². The zero-order valence-electron chi connectivity index (χ0n) is 11.0. The van der Waals surface area contributed by atoms with Crippen LogP contribution in [0.15, 0.2) is 23.0 Å². The van der Waals surface area contributed by atoms with Crippen molar-refractivity contribution in [2.45, 2.75) is 13.1 Å². The van der Waals surface area contributed by atoms with Crippen LogP contribution in [0.3, 0.4) is 0 Å². The number of H-pyrrole nitrogens is 1. The monoisotopic (exact) mass is 314 g/mol. The third-order valence-electron chi connectivity index (χ3n) is 2.92. The van der Waals surface area contributed by atoms with Crippen molar-refractivity contribution in [2.75, 3.05) is 0 Å². The van der Waals surface area contributed by atoms with Crippen LogP contribution in [0.5, 0.6) is 0 Å². The number of aromatic nitrogens is 1. The second-order valence-electron chi connectivity index (χ2n) is 4.49. The van der Waals surface area contributed by atoms with Crippen molar-refractivity contribution in [3.63, 3.8) is 0 Å². The van der Waals surface area contributed by atoms with Crippen molar-refractivity contribution >= 4 is 0 Å². The smallest absolute Gasteiger partial charge is 0.325 e. The number of aromatic amines is 1. The van der Waals surface area contributed by atoms with Gasteiger partial charge < -0.3 is 4.98 Å². The molecule has 0 unspecified atom stereocenters. The highest BCUT2D eigenvalue weighted by molar-refractivity contribution is 5.71. The Kier molecular flexibility index (Phi) is 3.75. The van der Waals surface area contributed by atoms with Gasteiger partial charge >= 0.3 is 6.18 Å². The first-order valence-electron chi connectivity index (χ1n) is 5.85. The van der Waals surface area contributed by atoms with Gasteiger partial charge in [0.05, 0.1) is 11.1 Å². The second kappa shape index (κ2) is 5.26. The van der Waals surface area contributed by atoms with Crippen LogP contribution in [0.25, 0.3) is 11.1 Å². The van der Waals surface area contributed by atoms with Crippen molar-refractivity contribution in [1.29, 1.82) is 5.26 Å². The molecule has 2 rings (SSSR count). The van der Waals surface area contributed by atoms with Crippen molar-refractivity contribution in [3.05, 3.63) is 57.0 Å². The Morgan fingerprint density at radius 1 is 1.14 bits per heavy atom. The lowest BCUT2D eigenvalue weighted by Gasteiger charge is -2.12. The van der Waals surface area contributed by atoms with E-state index in [4.69, 9.17) is 5.26 Å². The van der Waals surface area contributed by atoms with E-state index in [0.29, 0.717) is 0 Å². The number of nitrogens with zero attached hydrogens (tertiary/aromatic N) is 1. The van der Waals surface area contributed by atoms with Crippen molar-refractivity contribution in [3.8, 4) is 17.2 Å². The van der Waals surface area contributed by atoms with Crippen LogP contribution in [0.1, 0.15) is 16.8 Å². The molecular formula is C14H7F5N2O. The molecule has 0 bridgehead atoms. The number of nitrogens with one attached hydrogen (secondary N) is 1. The Bertz CT molecular complexity index is 823. The average molecular weight is 314 g/mol. The van der Waals surface area contributed by atoms with Gasteiger partial charge in [-0.1, -0.05) is 0 Å². The molecule has 3 nitrogen and oxygen atoms in total. The van der Waals surface area contributed by atoms with E-state index in [9.17, 15) is 26.7 Å². The minimum Gasteiger partial charge on any atom is -0.325 e. The van der Waals surface area contributed by atoms with Gasteiger partial charge in [-0.2, -0.15) is 18.4 Å². The fraction of sp³-hybridized carbons (Fsp3) is 0.143. The number of hydrogen-bond donors (Lipinski definition) is 1. The number of alkyl halides is 3. The summed E-state index contributed by atoms with van der Waals surface area (Å²) < 4.78 is 65.4. The zero-order chi connectivity index (χ0) is 16.7. The molecule has 114 valence electrons. The molecule has 0 atom stereocenters. The molecule has 0 amide bonds. The Morgan fingerprint density at radius 2 is 1.68 bits per heavy atom. The van der Waals surface area contributed by atoms with Crippen LogP contribution in [0.4, 0.5) is 22.0 Å². The number of aryl methyl sites for hydroxylation is 1. The molecule has 0 radical (unpaired) electrons. The zero-order valence-corrected chi connectivity index (χ0v) is 11.0. The number of halogens is 5. The minimum atomic E-state index is -4.91. The molecular weight excluding hydrogens is 307 g/mol. The highest BCUT2D eigenvalue weighted by Gasteiger charge is 2.33. The van der Waals surface area contributed by atoms with E-state index in [1.165, 1.54) is 13.0 Å². The highest BCUT2D eigenvalue weighted by atomic mass is 19.4. The van der Waals surface area contributed by atoms with Crippen LogP contribution in [-0.2, 0) is 6.18 Å². The second-order valence-corrected chi connectivity index (χ2v) is 4.49. The molecule has 0 saturated carbocycles. The normalized spacial score (nSPS) is 11.3. The quantitative estimate of drug-likeness (QED) is 0.819. The molecule has 0 fully saturated rings. The first kappa shape index (κ1) is 15.7. The summed E-state index contributed by atoms with van der Waals surface area (Å²) in [6.07, 6.45) is -4.91. The van der Waals surface area contributed by atoms with Crippen LogP contribution in [-0.4, -0.2) is 4.98 Å². The van der Waals surface area contributed by atoms with Gasteiger partial charge in [0, 0.05) is 11.3 Å². The van der Waals surface area contributed by atoms with Gasteiger partial charge in [-0.15, -0.1) is 0 Å². The van der Waals surface area contributed by atoms with Crippen LogP contribution < -0.4 is 5.56 Å². The Labute approximate surface area is 120 Å². The third-order valence-corrected chi connectivity index (χ3v) is 2.92. The fourth-order valence-electron chi connectivity index (χ4n) is 1.99. The van der Waals surface area contributed by atoms with Gasteiger partial charge in [0.1, 0.15) is 23.3 Å². The summed E-state index contributed by atoms with van der Waals surface area (Å²) >= 11 is 0. The van der Waals surface area contributed by atoms with E-state index in [-0.39, 0.29) is 17.8 Å². The molecule has 0 aliphatic heterocycles. The van der Waals surface area contributed by atoms with E-state index >= 15 is 0 Å². The van der Waals surface area contributed by atoms with Crippen LogP contribution in [0.2, 0.25) is 0 Å². The summed E-state index contributed by atoms with van der Waals surface area (Å²) in [5, 5.41) is 8.92. The van der Waals surface area contributed by atoms with Gasteiger partial charge in [-0.05, 0) is 25.1 Å². The van der Waals surface area contributed by atoms with E-state index in [1.807, 2.05) is 0 Å². The fourth-order valence-corrected chi connectivity index (χ4v) is 1.99. The lowest BCUT2D eigenvalue weighted by molar-refractivity contribution is -0.137. The maximum absolute atomic E-state index is 13.9. The van der Waals surface area contributed by atoms with Gasteiger partial charge in [0.25, 0.3) is 5.56 Å². The summed E-state index contributed by atoms with van der Waals surface area (Å²) in [7, 11) is 0. The first-order valence-corrected chi connectivity index (χ1v) is 5.85. The van der Waals surface area contributed by atoms with Crippen molar-refractivity contribution < 1.29 is 22.0 Å². The average Bonchev–Trinajstić information content (AvgIpc) is 2.36. The van der Waals surface area contributed by atoms with E-state index < -0.39 is 45.6 Å². The highest BCUT2D eigenvalue weighted by Crippen LogP contribution is 2.35. The summed E-state index contributed by atoms with van der Waals surface area (Å²) in [4.78, 5) is 13.9. The van der Waals surface area contributed by atoms with E-state index in [0.717, 1.165) is 6.07 Å². The van der Waals surface area contributed by atoms with Gasteiger partial charge in [0.2, 0.25) is 0 Å². The molecule has 8 heteroatoms. The summed E-state index contributed by atoms with van der Waals surface area (Å²) in [6, 6.07) is 2.85. The number of nitriles is 1. The molecule has 1 N–H and O–H groups in total. The first-order chi connectivity index (χ1) is 10.1. The SMILES string of the molecule is Cc1cc(-c2c(F)cc(C(F)(F)F)cc2F)c(C#N)c(=O)[nH]1. The molecule has 0 aliphatic carbocycles. The van der Waals surface area contributed by atoms with E-state index in [2.05, 4.69) is 4.98 Å². The van der Waals surface area contributed by atoms with Crippen molar-refractivity contribution in [2.24, 2.45) is 0 Å². The van der Waals surface area contributed by atoms with Crippen molar-refractivity contribution in [1.82, 2.24) is 4.98 Å². The standard InChI is InChI=1S/C14H7F5N2O/c1-6-2-8(9(5-20)13(22)21-6)12-10(15)3-7(4-11(12)16)14(17,18)19/h2-4H,1H3,(H,21,22). The maximum Gasteiger partial charge on any atom is 0.416 e. The van der Waals surface area contributed by atoms with Crippen LogP contribution >= 0.6 is 0 Å². The summed E-state index contributed by atoms with van der Waals surface area (Å²) in [5.74, 6) is -3.01. The molecule has 1 aromatic carbocycles. The molecule has 2 aromatic rings. The summed E-state index contributed by atoms with van der Waals surface area (Å²) in [6.45, 7) is 1.41. The lowest BCUT2D eigenvalue weighted by Crippen LogP contribution is -2.14. The topological polar surface area (TPSA) is 56.6 Å². The molecule has 1 aromatic heterocycles. The maximum atomic E-state index is 13.9. The van der Waals surface area contributed by atoms with Gasteiger partial charge in [-0.25, -0.2) is 8.78 Å². The largest absolute Gasteiger partial charge is 0.416 e. The molecule has 0 saturated heterocycles. The number of benzene rings is 1. The van der Waals surface area contributed by atoms with E-state index in [1.54, 1.807) is 0 Å². The Morgan fingerprint density at radius 3 is 2.14 bits per heavy atom. The molecule has 0 spiro atoms. The van der Waals surface area contributed by atoms with Gasteiger partial charge in [-0.3, -0.25) is 4.79 Å². The number of pyridine rings is 1. The lowest BCUT2D eigenvalue weighted by atomic mass is 9.98. The predicted molar refractivity (Wildman–Crippen MR) is 66.9 cm³/mol. The number of rotatable bonds is 1. The Hall–Kier alpha value is -2.69. The molecule has 22 heavy (non-hydrogen) atoms. The summed E-state index contributed by atoms with van der Waals surface area (Å²) in [5.41, 5.74) is -3.99.